The Morgan fingerprint density at radius 3 is 2.94 bits per heavy atom. The molecule has 1 aliphatic rings. The fourth-order valence-corrected chi connectivity index (χ4v) is 5.99. The van der Waals surface area contributed by atoms with Gasteiger partial charge in [0, 0.05) is 17.3 Å². The molecule has 1 aliphatic carbocycles. The number of para-hydroxylation sites is 1. The van der Waals surface area contributed by atoms with Gasteiger partial charge in [0.05, 0.1) is 16.3 Å². The van der Waals surface area contributed by atoms with Crippen LogP contribution in [0.4, 0.5) is 5.00 Å². The predicted molar refractivity (Wildman–Crippen MR) is 123 cm³/mol. The molecule has 156 valence electrons. The smallest absolute Gasteiger partial charge is 0.238 e. The Balaban J connectivity index is 1.37. The maximum absolute atomic E-state index is 12.9. The second-order valence-corrected chi connectivity index (χ2v) is 10.0. The van der Waals surface area contributed by atoms with Gasteiger partial charge in [-0.2, -0.15) is 5.26 Å². The standard InChI is InChI=1S/C22H20N6OS2/c1-12(20(29)25-21-15(11-23)13-7-4-6-10-17(13)31-21)30-22-24-19-18(26-27-22)14-8-3-5-9-16(14)28(19)2/h3,5,8-9,12H,4,6-7,10H2,1-2H3,(H,25,29). The Morgan fingerprint density at radius 1 is 1.29 bits per heavy atom. The number of nitriles is 1. The zero-order valence-corrected chi connectivity index (χ0v) is 18.8. The third-order valence-electron chi connectivity index (χ3n) is 5.66. The summed E-state index contributed by atoms with van der Waals surface area (Å²) in [7, 11) is 1.95. The van der Waals surface area contributed by atoms with Crippen molar-refractivity contribution in [1.29, 1.82) is 5.26 Å². The Hall–Kier alpha value is -2.96. The van der Waals surface area contributed by atoms with E-state index in [0.29, 0.717) is 15.7 Å². The molecule has 0 spiro atoms. The van der Waals surface area contributed by atoms with Gasteiger partial charge in [0.15, 0.2) is 5.65 Å². The van der Waals surface area contributed by atoms with Crippen molar-refractivity contribution in [3.63, 3.8) is 0 Å². The molecule has 0 aliphatic heterocycles. The second kappa shape index (κ2) is 7.94. The first kappa shape index (κ1) is 20.0. The van der Waals surface area contributed by atoms with Crippen LogP contribution in [0.3, 0.4) is 0 Å². The lowest BCUT2D eigenvalue weighted by molar-refractivity contribution is -0.115. The van der Waals surface area contributed by atoms with E-state index >= 15 is 0 Å². The molecule has 0 saturated carbocycles. The number of thioether (sulfide) groups is 1. The number of benzene rings is 1. The van der Waals surface area contributed by atoms with Crippen LogP contribution in [0.2, 0.25) is 0 Å². The van der Waals surface area contributed by atoms with Crippen molar-refractivity contribution in [2.45, 2.75) is 43.0 Å². The summed E-state index contributed by atoms with van der Waals surface area (Å²) in [5, 5.41) is 22.9. The maximum Gasteiger partial charge on any atom is 0.238 e. The number of aryl methyl sites for hydroxylation is 2. The van der Waals surface area contributed by atoms with Crippen LogP contribution in [0.5, 0.6) is 0 Å². The highest BCUT2D eigenvalue weighted by Crippen LogP contribution is 2.38. The predicted octanol–water partition coefficient (Wildman–Crippen LogP) is 4.45. The second-order valence-electron chi connectivity index (χ2n) is 7.62. The minimum Gasteiger partial charge on any atom is -0.327 e. The van der Waals surface area contributed by atoms with E-state index in [0.717, 1.165) is 53.3 Å². The number of aromatic nitrogens is 4. The van der Waals surface area contributed by atoms with Gasteiger partial charge >= 0.3 is 0 Å². The molecule has 1 unspecified atom stereocenters. The van der Waals surface area contributed by atoms with E-state index in [1.165, 1.54) is 28.0 Å². The summed E-state index contributed by atoms with van der Waals surface area (Å²) in [6.45, 7) is 1.81. The van der Waals surface area contributed by atoms with Crippen molar-refractivity contribution in [3.05, 3.63) is 40.3 Å². The molecule has 1 aromatic carbocycles. The van der Waals surface area contributed by atoms with E-state index in [9.17, 15) is 10.1 Å². The molecule has 1 amide bonds. The van der Waals surface area contributed by atoms with Crippen LogP contribution in [0.1, 0.15) is 35.8 Å². The van der Waals surface area contributed by atoms with E-state index in [2.05, 4.69) is 26.6 Å². The molecule has 5 rings (SSSR count). The van der Waals surface area contributed by atoms with Gasteiger partial charge < -0.3 is 9.88 Å². The number of carbonyl (C=O) groups excluding carboxylic acids is 1. The molecule has 3 heterocycles. The molecule has 9 heteroatoms. The number of carbonyl (C=O) groups is 1. The van der Waals surface area contributed by atoms with Crippen molar-refractivity contribution in [1.82, 2.24) is 19.7 Å². The van der Waals surface area contributed by atoms with Crippen LogP contribution in [0, 0.1) is 11.3 Å². The van der Waals surface area contributed by atoms with Crippen LogP contribution in [0.15, 0.2) is 29.4 Å². The van der Waals surface area contributed by atoms with Crippen LogP contribution < -0.4 is 5.32 Å². The average Bonchev–Trinajstić information content (AvgIpc) is 3.28. The summed E-state index contributed by atoms with van der Waals surface area (Å²) in [6, 6.07) is 10.3. The van der Waals surface area contributed by atoms with Crippen molar-refractivity contribution in [2.75, 3.05) is 5.32 Å². The topological polar surface area (TPSA) is 96.5 Å². The Kier molecular flexibility index (Phi) is 5.12. The number of anilines is 1. The number of rotatable bonds is 4. The van der Waals surface area contributed by atoms with Crippen molar-refractivity contribution >= 4 is 56.1 Å². The minimum absolute atomic E-state index is 0.166. The molecule has 1 atom stereocenters. The lowest BCUT2D eigenvalue weighted by atomic mass is 9.96. The monoisotopic (exact) mass is 448 g/mol. The number of nitrogens with zero attached hydrogens (tertiary/aromatic N) is 5. The fourth-order valence-electron chi connectivity index (χ4n) is 4.04. The summed E-state index contributed by atoms with van der Waals surface area (Å²) in [5.41, 5.74) is 4.27. The van der Waals surface area contributed by atoms with Gasteiger partial charge in [-0.25, -0.2) is 4.98 Å². The Bertz CT molecular complexity index is 1370. The molecule has 0 radical (unpaired) electrons. The lowest BCUT2D eigenvalue weighted by Gasteiger charge is -2.10. The third kappa shape index (κ3) is 3.46. The van der Waals surface area contributed by atoms with Gasteiger partial charge in [0.2, 0.25) is 11.1 Å². The summed E-state index contributed by atoms with van der Waals surface area (Å²) >= 11 is 2.80. The van der Waals surface area contributed by atoms with Crippen LogP contribution >= 0.6 is 23.1 Å². The summed E-state index contributed by atoms with van der Waals surface area (Å²) in [4.78, 5) is 18.7. The van der Waals surface area contributed by atoms with Gasteiger partial charge in [0.1, 0.15) is 16.6 Å². The highest BCUT2D eigenvalue weighted by Gasteiger charge is 2.24. The van der Waals surface area contributed by atoms with E-state index in [1.807, 2.05) is 42.8 Å². The SMILES string of the molecule is CC(Sc1nnc2c3ccccc3n(C)c2n1)C(=O)Nc1sc2c(c1C#N)CCCC2. The molecule has 7 nitrogen and oxygen atoms in total. The highest BCUT2D eigenvalue weighted by molar-refractivity contribution is 8.00. The Labute approximate surface area is 187 Å². The zero-order chi connectivity index (χ0) is 21.5. The number of nitrogens with one attached hydrogen (secondary N) is 1. The Morgan fingerprint density at radius 2 is 2.10 bits per heavy atom. The number of fused-ring (bicyclic) bond motifs is 4. The largest absolute Gasteiger partial charge is 0.327 e. The highest BCUT2D eigenvalue weighted by atomic mass is 32.2. The van der Waals surface area contributed by atoms with Gasteiger partial charge in [-0.15, -0.1) is 21.5 Å². The van der Waals surface area contributed by atoms with Crippen LogP contribution in [-0.2, 0) is 24.7 Å². The summed E-state index contributed by atoms with van der Waals surface area (Å²) in [5.74, 6) is -0.166. The number of hydrogen-bond acceptors (Lipinski definition) is 7. The van der Waals surface area contributed by atoms with Crippen LogP contribution in [-0.4, -0.2) is 30.9 Å². The molecule has 31 heavy (non-hydrogen) atoms. The molecular weight excluding hydrogens is 428 g/mol. The number of hydrogen-bond donors (Lipinski definition) is 1. The van der Waals surface area contributed by atoms with Crippen molar-refractivity contribution in [2.24, 2.45) is 7.05 Å². The fraction of sp³-hybridized carbons (Fsp3) is 0.318. The molecule has 0 fully saturated rings. The van der Waals surface area contributed by atoms with Crippen molar-refractivity contribution < 1.29 is 4.79 Å². The quantitative estimate of drug-likeness (QED) is 0.464. The molecule has 3 aromatic heterocycles. The van der Waals surface area contributed by atoms with E-state index < -0.39 is 5.25 Å². The first-order chi connectivity index (χ1) is 15.1. The molecule has 4 aromatic rings. The first-order valence-corrected chi connectivity index (χ1v) is 11.9. The molecule has 1 N–H and O–H groups in total. The number of thiophene rings is 1. The third-order valence-corrected chi connectivity index (χ3v) is 7.82. The molecule has 0 saturated heterocycles. The normalized spacial score (nSPS) is 14.4. The van der Waals surface area contributed by atoms with Gasteiger partial charge in [-0.3, -0.25) is 4.79 Å². The molecular formula is C22H20N6OS2. The summed E-state index contributed by atoms with van der Waals surface area (Å²) in [6.07, 6.45) is 4.14. The van der Waals surface area contributed by atoms with E-state index in [4.69, 9.17) is 0 Å². The maximum atomic E-state index is 12.9. The summed E-state index contributed by atoms with van der Waals surface area (Å²) < 4.78 is 1.99. The van der Waals surface area contributed by atoms with E-state index in [-0.39, 0.29) is 5.91 Å². The first-order valence-electron chi connectivity index (χ1n) is 10.2. The van der Waals surface area contributed by atoms with Gasteiger partial charge in [-0.1, -0.05) is 30.0 Å². The lowest BCUT2D eigenvalue weighted by Crippen LogP contribution is -2.22. The van der Waals surface area contributed by atoms with E-state index in [1.54, 1.807) is 0 Å². The number of amides is 1. The molecule has 0 bridgehead atoms. The minimum atomic E-state index is -0.431. The zero-order valence-electron chi connectivity index (χ0n) is 17.2. The van der Waals surface area contributed by atoms with Gasteiger partial charge in [-0.05, 0) is 44.2 Å². The van der Waals surface area contributed by atoms with Crippen molar-refractivity contribution in [3.8, 4) is 6.07 Å². The average molecular weight is 449 g/mol. The van der Waals surface area contributed by atoms with Gasteiger partial charge in [0.25, 0.3) is 0 Å². The van der Waals surface area contributed by atoms with Crippen LogP contribution in [0.25, 0.3) is 22.1 Å².